The summed E-state index contributed by atoms with van der Waals surface area (Å²) in [5, 5.41) is 10.8. The number of aromatic nitrogens is 4. The van der Waals surface area contributed by atoms with E-state index in [2.05, 4.69) is 15.5 Å². The zero-order chi connectivity index (χ0) is 17.1. The highest BCUT2D eigenvalue weighted by atomic mass is 35.5. The second-order valence-corrected chi connectivity index (χ2v) is 5.73. The van der Waals surface area contributed by atoms with E-state index >= 15 is 0 Å². The van der Waals surface area contributed by atoms with Crippen LogP contribution in [-0.4, -0.2) is 32.0 Å². The van der Waals surface area contributed by atoms with Gasteiger partial charge in [0, 0.05) is 12.7 Å². The molecule has 1 atom stereocenters. The number of carbonyl (C=O) groups excluding carboxylic acids is 1. The first-order chi connectivity index (χ1) is 10.8. The molecule has 1 N–H and O–H groups in total. The van der Waals surface area contributed by atoms with Crippen molar-refractivity contribution >= 4 is 29.1 Å². The van der Waals surface area contributed by atoms with Crippen molar-refractivity contribution in [3.63, 3.8) is 0 Å². The Hall–Kier alpha value is -1.67. The molecule has 0 aromatic carbocycles. The molecule has 126 valence electrons. The van der Waals surface area contributed by atoms with E-state index < -0.39 is 18.2 Å². The topological polar surface area (TPSA) is 64.7 Å². The molecule has 0 unspecified atom stereocenters. The van der Waals surface area contributed by atoms with Crippen LogP contribution >= 0.6 is 23.2 Å². The van der Waals surface area contributed by atoms with E-state index in [-0.39, 0.29) is 10.9 Å². The van der Waals surface area contributed by atoms with E-state index in [9.17, 15) is 13.6 Å². The fourth-order valence-electron chi connectivity index (χ4n) is 2.05. The summed E-state index contributed by atoms with van der Waals surface area (Å²) in [6.45, 7) is 3.85. The molecular weight excluding hydrogens is 351 g/mol. The van der Waals surface area contributed by atoms with Gasteiger partial charge in [0.2, 0.25) is 5.91 Å². The number of halogens is 4. The molecule has 0 spiro atoms. The zero-order valence-corrected chi connectivity index (χ0v) is 13.9. The van der Waals surface area contributed by atoms with Crippen molar-refractivity contribution in [1.82, 2.24) is 24.9 Å². The first-order valence-electron chi connectivity index (χ1n) is 6.79. The maximum Gasteiger partial charge on any atom is 0.283 e. The van der Waals surface area contributed by atoms with Crippen LogP contribution in [0.1, 0.15) is 30.8 Å². The third-order valence-electron chi connectivity index (χ3n) is 3.30. The molecule has 0 saturated heterocycles. The summed E-state index contributed by atoms with van der Waals surface area (Å²) in [5.74, 6) is -0.355. The molecule has 2 heterocycles. The van der Waals surface area contributed by atoms with Crippen LogP contribution in [-0.2, 0) is 11.3 Å². The van der Waals surface area contributed by atoms with Gasteiger partial charge in [0.1, 0.15) is 11.7 Å². The summed E-state index contributed by atoms with van der Waals surface area (Å²) in [5.41, 5.74) is -0.196. The van der Waals surface area contributed by atoms with Crippen LogP contribution in [0.4, 0.5) is 8.78 Å². The largest absolute Gasteiger partial charge is 0.352 e. The molecular formula is C13H15Cl2F2N5O. The number of nitrogens with zero attached hydrogens (tertiary/aromatic N) is 4. The molecule has 6 nitrogen and oxygen atoms in total. The van der Waals surface area contributed by atoms with Gasteiger partial charge in [-0.3, -0.25) is 14.2 Å². The first-order valence-corrected chi connectivity index (χ1v) is 7.55. The molecule has 0 saturated carbocycles. The van der Waals surface area contributed by atoms with Gasteiger partial charge in [0.25, 0.3) is 6.43 Å². The predicted octanol–water partition coefficient (Wildman–Crippen LogP) is 3.01. The van der Waals surface area contributed by atoms with Crippen LogP contribution in [0.2, 0.25) is 10.0 Å². The van der Waals surface area contributed by atoms with Crippen LogP contribution in [0, 0.1) is 6.92 Å². The van der Waals surface area contributed by atoms with E-state index in [1.54, 1.807) is 17.8 Å². The van der Waals surface area contributed by atoms with Crippen LogP contribution in [0.15, 0.2) is 12.4 Å². The molecule has 0 radical (unpaired) electrons. The molecule has 10 heteroatoms. The number of carbonyl (C=O) groups is 1. The zero-order valence-electron chi connectivity index (χ0n) is 12.4. The van der Waals surface area contributed by atoms with Gasteiger partial charge in [-0.05, 0) is 13.8 Å². The van der Waals surface area contributed by atoms with E-state index in [0.29, 0.717) is 23.8 Å². The summed E-state index contributed by atoms with van der Waals surface area (Å²) in [7, 11) is 0. The van der Waals surface area contributed by atoms with Crippen molar-refractivity contribution in [2.75, 3.05) is 6.54 Å². The monoisotopic (exact) mass is 365 g/mol. The predicted molar refractivity (Wildman–Crippen MR) is 81.9 cm³/mol. The van der Waals surface area contributed by atoms with Gasteiger partial charge in [0.05, 0.1) is 28.5 Å². The average molecular weight is 366 g/mol. The Kier molecular flexibility index (Phi) is 5.59. The molecule has 1 amide bonds. The molecule has 2 aromatic heterocycles. The lowest BCUT2D eigenvalue weighted by atomic mass is 10.3. The smallest absolute Gasteiger partial charge is 0.283 e. The Bertz CT molecular complexity index is 701. The number of hydrogen-bond donors (Lipinski definition) is 1. The molecule has 0 aliphatic rings. The maximum atomic E-state index is 12.8. The SMILES string of the molecule is Cc1c(Cl)c(C(F)F)nn1[C@@H](C)C(=O)NCCn1cc(Cl)cn1. The molecule has 2 rings (SSSR count). The highest BCUT2D eigenvalue weighted by molar-refractivity contribution is 6.32. The van der Waals surface area contributed by atoms with Crippen LogP contribution < -0.4 is 5.32 Å². The number of alkyl halides is 2. The van der Waals surface area contributed by atoms with Crippen LogP contribution in [0.25, 0.3) is 0 Å². The third kappa shape index (κ3) is 4.00. The Labute approximate surface area is 141 Å². The molecule has 0 aliphatic carbocycles. The minimum atomic E-state index is -2.79. The lowest BCUT2D eigenvalue weighted by molar-refractivity contribution is -0.124. The summed E-state index contributed by atoms with van der Waals surface area (Å²) < 4.78 is 28.4. The van der Waals surface area contributed by atoms with Crippen molar-refractivity contribution in [3.05, 3.63) is 33.8 Å². The highest BCUT2D eigenvalue weighted by Crippen LogP contribution is 2.30. The van der Waals surface area contributed by atoms with Gasteiger partial charge in [-0.1, -0.05) is 23.2 Å². The van der Waals surface area contributed by atoms with Gasteiger partial charge >= 0.3 is 0 Å². The van der Waals surface area contributed by atoms with E-state index in [4.69, 9.17) is 23.2 Å². The average Bonchev–Trinajstić information content (AvgIpc) is 3.03. The second kappa shape index (κ2) is 7.27. The highest BCUT2D eigenvalue weighted by Gasteiger charge is 2.25. The third-order valence-corrected chi connectivity index (χ3v) is 3.96. The van der Waals surface area contributed by atoms with Crippen molar-refractivity contribution < 1.29 is 13.6 Å². The fraction of sp³-hybridized carbons (Fsp3) is 0.462. The van der Waals surface area contributed by atoms with Gasteiger partial charge in [-0.15, -0.1) is 0 Å². The van der Waals surface area contributed by atoms with Gasteiger partial charge in [-0.25, -0.2) is 8.78 Å². The molecule has 0 aliphatic heterocycles. The normalized spacial score (nSPS) is 12.7. The summed E-state index contributed by atoms with van der Waals surface area (Å²) in [6.07, 6.45) is 0.332. The van der Waals surface area contributed by atoms with Crippen molar-refractivity contribution in [2.24, 2.45) is 0 Å². The Morgan fingerprint density at radius 3 is 2.65 bits per heavy atom. The van der Waals surface area contributed by atoms with E-state index in [1.165, 1.54) is 17.8 Å². The van der Waals surface area contributed by atoms with Crippen LogP contribution in [0.5, 0.6) is 0 Å². The number of hydrogen-bond acceptors (Lipinski definition) is 3. The quantitative estimate of drug-likeness (QED) is 0.855. The number of amides is 1. The lowest BCUT2D eigenvalue weighted by Gasteiger charge is -2.14. The van der Waals surface area contributed by atoms with Crippen molar-refractivity contribution in [2.45, 2.75) is 32.9 Å². The second-order valence-electron chi connectivity index (χ2n) is 4.92. The maximum absolute atomic E-state index is 12.8. The van der Waals surface area contributed by atoms with E-state index in [0.717, 1.165) is 0 Å². The van der Waals surface area contributed by atoms with Crippen molar-refractivity contribution in [3.8, 4) is 0 Å². The number of rotatable bonds is 6. The molecule has 0 fully saturated rings. The Balaban J connectivity index is 1.98. The van der Waals surface area contributed by atoms with Gasteiger partial charge < -0.3 is 5.32 Å². The van der Waals surface area contributed by atoms with E-state index in [1.807, 2.05) is 0 Å². The molecule has 2 aromatic rings. The Morgan fingerprint density at radius 1 is 1.43 bits per heavy atom. The number of nitrogens with one attached hydrogen (secondary N) is 1. The summed E-state index contributed by atoms with van der Waals surface area (Å²) >= 11 is 11.6. The van der Waals surface area contributed by atoms with Gasteiger partial charge in [0.15, 0.2) is 0 Å². The minimum absolute atomic E-state index is 0.120. The molecule has 0 bridgehead atoms. The van der Waals surface area contributed by atoms with Crippen molar-refractivity contribution in [1.29, 1.82) is 0 Å². The lowest BCUT2D eigenvalue weighted by Crippen LogP contribution is -2.34. The Morgan fingerprint density at radius 2 is 2.13 bits per heavy atom. The first kappa shape index (κ1) is 17.7. The standard InChI is InChI=1S/C13H15Cl2F2N5O/c1-7-10(15)11(12(16)17)20-22(7)8(2)13(23)18-3-4-21-6-9(14)5-19-21/h5-6,8,12H,3-4H2,1-2H3,(H,18,23)/t8-/m0/s1. The van der Waals surface area contributed by atoms with Gasteiger partial charge in [-0.2, -0.15) is 10.2 Å². The fourth-order valence-corrected chi connectivity index (χ4v) is 2.41. The minimum Gasteiger partial charge on any atom is -0.352 e. The molecule has 23 heavy (non-hydrogen) atoms. The summed E-state index contributed by atoms with van der Waals surface area (Å²) in [6, 6.07) is -0.763. The summed E-state index contributed by atoms with van der Waals surface area (Å²) in [4.78, 5) is 12.1. The van der Waals surface area contributed by atoms with Crippen LogP contribution in [0.3, 0.4) is 0 Å².